The van der Waals surface area contributed by atoms with Gasteiger partial charge < -0.3 is 14.8 Å². The number of hydrogen-bond acceptors (Lipinski definition) is 5. The van der Waals surface area contributed by atoms with Gasteiger partial charge in [0.2, 0.25) is 5.91 Å². The van der Waals surface area contributed by atoms with Crippen LogP contribution < -0.4 is 14.8 Å². The molecule has 7 heteroatoms. The number of nitrogens with one attached hydrogen (secondary N) is 1. The Morgan fingerprint density at radius 2 is 1.64 bits per heavy atom. The minimum atomic E-state index is -3.54. The maximum atomic E-state index is 12.3. The Bertz CT molecular complexity index is 833. The number of hydrogen-bond donors (Lipinski definition) is 1. The molecule has 0 saturated heterocycles. The monoisotopic (exact) mass is 363 g/mol. The van der Waals surface area contributed by atoms with Crippen LogP contribution in [0.3, 0.4) is 0 Å². The van der Waals surface area contributed by atoms with Gasteiger partial charge in [0.05, 0.1) is 24.9 Å². The van der Waals surface area contributed by atoms with Gasteiger partial charge in [0.15, 0.2) is 9.84 Å². The second kappa shape index (κ2) is 8.53. The molecule has 0 spiro atoms. The van der Waals surface area contributed by atoms with Crippen LogP contribution in [0.2, 0.25) is 0 Å². The third-order valence-electron chi connectivity index (χ3n) is 3.62. The van der Waals surface area contributed by atoms with Gasteiger partial charge in [-0.05, 0) is 35.9 Å². The van der Waals surface area contributed by atoms with Gasteiger partial charge in [-0.25, -0.2) is 8.42 Å². The summed E-state index contributed by atoms with van der Waals surface area (Å²) < 4.78 is 34.8. The third-order valence-corrected chi connectivity index (χ3v) is 5.34. The molecule has 2 rings (SSSR count). The first kappa shape index (κ1) is 18.8. The summed E-state index contributed by atoms with van der Waals surface area (Å²) in [5, 5.41) is 2.71. The Morgan fingerprint density at radius 1 is 1.00 bits per heavy atom. The van der Waals surface area contributed by atoms with Crippen LogP contribution in [-0.4, -0.2) is 34.3 Å². The van der Waals surface area contributed by atoms with Crippen LogP contribution in [0.25, 0.3) is 0 Å². The minimum Gasteiger partial charge on any atom is -0.497 e. The molecule has 25 heavy (non-hydrogen) atoms. The average Bonchev–Trinajstić information content (AvgIpc) is 2.65. The van der Waals surface area contributed by atoms with Crippen molar-refractivity contribution in [1.82, 2.24) is 5.32 Å². The second-order valence-corrected chi connectivity index (χ2v) is 7.49. The van der Waals surface area contributed by atoms with E-state index in [1.54, 1.807) is 19.2 Å². The van der Waals surface area contributed by atoms with Crippen molar-refractivity contribution in [3.8, 4) is 11.5 Å². The van der Waals surface area contributed by atoms with Crippen molar-refractivity contribution in [2.45, 2.75) is 17.9 Å². The molecule has 2 aromatic carbocycles. The van der Waals surface area contributed by atoms with Crippen molar-refractivity contribution in [1.29, 1.82) is 0 Å². The topological polar surface area (TPSA) is 81.7 Å². The van der Waals surface area contributed by atoms with Crippen LogP contribution in [0.4, 0.5) is 0 Å². The highest BCUT2D eigenvalue weighted by molar-refractivity contribution is 7.91. The van der Waals surface area contributed by atoms with Crippen LogP contribution in [0.15, 0.2) is 53.4 Å². The predicted octanol–water partition coefficient (Wildman–Crippen LogP) is 2.18. The fraction of sp³-hybridized carbons (Fsp3) is 0.278. The Kier molecular flexibility index (Phi) is 6.41. The molecule has 2 aromatic rings. The lowest BCUT2D eigenvalue weighted by Gasteiger charge is -2.08. The van der Waals surface area contributed by atoms with E-state index >= 15 is 0 Å². The van der Waals surface area contributed by atoms with Crippen molar-refractivity contribution in [2.75, 3.05) is 20.0 Å². The van der Waals surface area contributed by atoms with E-state index < -0.39 is 9.84 Å². The molecular weight excluding hydrogens is 342 g/mol. The zero-order valence-corrected chi connectivity index (χ0v) is 15.0. The van der Waals surface area contributed by atoms with Crippen LogP contribution in [0, 0.1) is 0 Å². The maximum Gasteiger partial charge on any atom is 0.221 e. The molecule has 0 aliphatic carbocycles. The lowest BCUT2D eigenvalue weighted by Crippen LogP contribution is -2.25. The van der Waals surface area contributed by atoms with Crippen molar-refractivity contribution >= 4 is 15.7 Å². The van der Waals surface area contributed by atoms with Gasteiger partial charge >= 0.3 is 0 Å². The molecule has 0 saturated carbocycles. The lowest BCUT2D eigenvalue weighted by atomic mass is 10.2. The molecular formula is C18H21NO5S. The quantitative estimate of drug-likeness (QED) is 0.777. The van der Waals surface area contributed by atoms with E-state index in [0.29, 0.717) is 18.0 Å². The molecule has 6 nitrogen and oxygen atoms in total. The van der Waals surface area contributed by atoms with Gasteiger partial charge in [0.25, 0.3) is 0 Å². The third kappa shape index (κ3) is 5.49. The highest BCUT2D eigenvalue weighted by atomic mass is 32.2. The molecule has 134 valence electrons. The maximum absolute atomic E-state index is 12.3. The molecule has 0 fully saturated rings. The molecule has 0 unspecified atom stereocenters. The molecule has 1 N–H and O–H groups in total. The second-order valence-electron chi connectivity index (χ2n) is 5.38. The summed E-state index contributed by atoms with van der Waals surface area (Å²) in [5.74, 6) is 0.578. The summed E-state index contributed by atoms with van der Waals surface area (Å²) in [6, 6.07) is 13.5. The largest absolute Gasteiger partial charge is 0.497 e. The average molecular weight is 363 g/mol. The summed E-state index contributed by atoms with van der Waals surface area (Å²) >= 11 is 0. The molecule has 0 radical (unpaired) electrons. The number of carbonyl (C=O) groups is 1. The lowest BCUT2D eigenvalue weighted by molar-refractivity contribution is -0.120. The van der Waals surface area contributed by atoms with Crippen LogP contribution in [-0.2, 0) is 21.2 Å². The van der Waals surface area contributed by atoms with Crippen molar-refractivity contribution in [2.24, 2.45) is 0 Å². The van der Waals surface area contributed by atoms with Crippen molar-refractivity contribution in [3.63, 3.8) is 0 Å². The Labute approximate surface area is 147 Å². The fourth-order valence-electron chi connectivity index (χ4n) is 2.21. The van der Waals surface area contributed by atoms with Gasteiger partial charge in [-0.1, -0.05) is 18.2 Å². The summed E-state index contributed by atoms with van der Waals surface area (Å²) in [5.41, 5.74) is 0.878. The Hall–Kier alpha value is -2.54. The van der Waals surface area contributed by atoms with Gasteiger partial charge in [0, 0.05) is 13.0 Å². The van der Waals surface area contributed by atoms with Crippen molar-refractivity contribution < 1.29 is 22.7 Å². The van der Waals surface area contributed by atoms with Gasteiger partial charge in [-0.15, -0.1) is 0 Å². The highest BCUT2D eigenvalue weighted by Crippen LogP contribution is 2.18. The fourth-order valence-corrected chi connectivity index (χ4v) is 3.48. The molecule has 0 aromatic heterocycles. The summed E-state index contributed by atoms with van der Waals surface area (Å²) in [4.78, 5) is 12.1. The van der Waals surface area contributed by atoms with Crippen LogP contribution in [0.5, 0.6) is 11.5 Å². The number of rotatable bonds is 8. The summed E-state index contributed by atoms with van der Waals surface area (Å²) in [6.07, 6.45) is -0.108. The van der Waals surface area contributed by atoms with E-state index in [1.165, 1.54) is 19.2 Å². The van der Waals surface area contributed by atoms with E-state index in [9.17, 15) is 13.2 Å². The first-order valence-corrected chi connectivity index (χ1v) is 9.36. The number of methoxy groups -OCH3 is 2. The molecule has 0 aliphatic heterocycles. The zero-order chi connectivity index (χ0) is 18.3. The van der Waals surface area contributed by atoms with E-state index in [4.69, 9.17) is 9.47 Å². The summed E-state index contributed by atoms with van der Waals surface area (Å²) in [7, 11) is -0.502. The van der Waals surface area contributed by atoms with Gasteiger partial charge in [-0.3, -0.25) is 4.79 Å². The van der Waals surface area contributed by atoms with E-state index in [2.05, 4.69) is 5.32 Å². The molecule has 1 amide bonds. The SMILES string of the molecule is COc1cccc(CNC(=O)CCS(=O)(=O)c2cccc(OC)c2)c1. The van der Waals surface area contributed by atoms with E-state index in [0.717, 1.165) is 5.56 Å². The molecule has 0 aliphatic rings. The molecule has 0 heterocycles. The predicted molar refractivity (Wildman–Crippen MR) is 94.5 cm³/mol. The van der Waals surface area contributed by atoms with E-state index in [1.807, 2.05) is 24.3 Å². The van der Waals surface area contributed by atoms with Crippen LogP contribution in [0.1, 0.15) is 12.0 Å². The first-order valence-electron chi connectivity index (χ1n) is 7.71. The van der Waals surface area contributed by atoms with Crippen LogP contribution >= 0.6 is 0 Å². The summed E-state index contributed by atoms with van der Waals surface area (Å²) in [6.45, 7) is 0.315. The Balaban J connectivity index is 1.90. The number of benzene rings is 2. The highest BCUT2D eigenvalue weighted by Gasteiger charge is 2.17. The number of amides is 1. The number of sulfone groups is 1. The smallest absolute Gasteiger partial charge is 0.221 e. The standard InChI is InChI=1S/C18H21NO5S/c1-23-15-6-3-5-14(11-15)13-19-18(20)9-10-25(21,22)17-8-4-7-16(12-17)24-2/h3-8,11-12H,9-10,13H2,1-2H3,(H,19,20). The van der Waals surface area contributed by atoms with Gasteiger partial charge in [0.1, 0.15) is 11.5 Å². The molecule has 0 bridgehead atoms. The minimum absolute atomic E-state index is 0.108. The first-order chi connectivity index (χ1) is 11.9. The molecule has 0 atom stereocenters. The number of ether oxygens (including phenoxy) is 2. The normalized spacial score (nSPS) is 11.0. The zero-order valence-electron chi connectivity index (χ0n) is 14.2. The van der Waals surface area contributed by atoms with Gasteiger partial charge in [-0.2, -0.15) is 0 Å². The van der Waals surface area contributed by atoms with E-state index in [-0.39, 0.29) is 23.0 Å². The number of carbonyl (C=O) groups excluding carboxylic acids is 1. The Morgan fingerprint density at radius 3 is 2.32 bits per heavy atom. The van der Waals surface area contributed by atoms with Crippen molar-refractivity contribution in [3.05, 3.63) is 54.1 Å².